The second-order valence-corrected chi connectivity index (χ2v) is 7.11. The molecule has 0 spiro atoms. The first kappa shape index (κ1) is 21.9. The van der Waals surface area contributed by atoms with E-state index in [4.69, 9.17) is 0 Å². The standard InChI is InChI=1S/C21H32N4O3/c1-4-21(5-2,11-14-26)15-24-20(22-6-3)23-12-13-25-18(27)16-9-7-8-10-17(16)19(25)28/h7-10,26H,4-6,11-15H2,1-3H3,(H2,22,23,24). The van der Waals surface area contributed by atoms with Gasteiger partial charge in [-0.25, -0.2) is 0 Å². The molecule has 1 aliphatic heterocycles. The quantitative estimate of drug-likeness (QED) is 0.324. The first-order valence-electron chi connectivity index (χ1n) is 10.1. The Morgan fingerprint density at radius 3 is 2.18 bits per heavy atom. The molecule has 1 aromatic rings. The molecule has 0 aliphatic carbocycles. The van der Waals surface area contributed by atoms with Crippen molar-refractivity contribution in [1.29, 1.82) is 0 Å². The molecule has 0 atom stereocenters. The van der Waals surface area contributed by atoms with Gasteiger partial charge in [0.2, 0.25) is 0 Å². The number of nitrogens with zero attached hydrogens (tertiary/aromatic N) is 2. The molecule has 7 heteroatoms. The summed E-state index contributed by atoms with van der Waals surface area (Å²) >= 11 is 0. The molecule has 7 nitrogen and oxygen atoms in total. The SMILES string of the molecule is CCNC(=NCC(CC)(CC)CCO)NCCN1C(=O)c2ccccc2C1=O. The van der Waals surface area contributed by atoms with Gasteiger partial charge < -0.3 is 15.7 Å². The van der Waals surface area contributed by atoms with Crippen LogP contribution in [0.2, 0.25) is 0 Å². The molecule has 0 bridgehead atoms. The summed E-state index contributed by atoms with van der Waals surface area (Å²) in [6.07, 6.45) is 2.61. The molecule has 0 fully saturated rings. The normalized spacial score (nSPS) is 14.4. The zero-order valence-corrected chi connectivity index (χ0v) is 17.1. The second kappa shape index (κ2) is 10.2. The summed E-state index contributed by atoms with van der Waals surface area (Å²) in [5, 5.41) is 15.8. The number of hydrogen-bond donors (Lipinski definition) is 3. The van der Waals surface area contributed by atoms with Crippen LogP contribution < -0.4 is 10.6 Å². The van der Waals surface area contributed by atoms with Crippen LogP contribution in [0.3, 0.4) is 0 Å². The third kappa shape index (κ3) is 4.90. The number of carbonyl (C=O) groups is 2. The van der Waals surface area contributed by atoms with Gasteiger partial charge in [0.1, 0.15) is 0 Å². The second-order valence-electron chi connectivity index (χ2n) is 7.11. The fourth-order valence-corrected chi connectivity index (χ4v) is 3.46. The number of guanidine groups is 1. The molecule has 3 N–H and O–H groups in total. The monoisotopic (exact) mass is 388 g/mol. The van der Waals surface area contributed by atoms with Crippen molar-refractivity contribution in [3.05, 3.63) is 35.4 Å². The maximum absolute atomic E-state index is 12.4. The summed E-state index contributed by atoms with van der Waals surface area (Å²) in [5.41, 5.74) is 0.917. The van der Waals surface area contributed by atoms with Crippen LogP contribution in [-0.4, -0.2) is 60.6 Å². The molecule has 2 rings (SSSR count). The minimum atomic E-state index is -0.247. The Hall–Kier alpha value is -2.41. The van der Waals surface area contributed by atoms with Crippen LogP contribution in [0.4, 0.5) is 0 Å². The Morgan fingerprint density at radius 2 is 1.68 bits per heavy atom. The van der Waals surface area contributed by atoms with Gasteiger partial charge in [-0.05, 0) is 43.7 Å². The molecule has 0 radical (unpaired) electrons. The number of carbonyl (C=O) groups excluding carboxylic acids is 2. The molecule has 28 heavy (non-hydrogen) atoms. The minimum Gasteiger partial charge on any atom is -0.396 e. The van der Waals surface area contributed by atoms with Gasteiger partial charge in [0, 0.05) is 32.8 Å². The third-order valence-electron chi connectivity index (χ3n) is 5.56. The van der Waals surface area contributed by atoms with Gasteiger partial charge >= 0.3 is 0 Å². The predicted molar refractivity (Wildman–Crippen MR) is 111 cm³/mol. The molecule has 0 unspecified atom stereocenters. The fraction of sp³-hybridized carbons (Fsp3) is 0.571. The Morgan fingerprint density at radius 1 is 1.07 bits per heavy atom. The Balaban J connectivity index is 1.97. The summed E-state index contributed by atoms with van der Waals surface area (Å²) in [6, 6.07) is 6.90. The molecule has 0 saturated carbocycles. The fourth-order valence-electron chi connectivity index (χ4n) is 3.46. The van der Waals surface area contributed by atoms with E-state index in [2.05, 4.69) is 29.5 Å². The molecule has 1 aromatic carbocycles. The van der Waals surface area contributed by atoms with Crippen LogP contribution in [0.25, 0.3) is 0 Å². The van der Waals surface area contributed by atoms with Crippen molar-refractivity contribution in [2.75, 3.05) is 32.8 Å². The van der Waals surface area contributed by atoms with Crippen LogP contribution in [-0.2, 0) is 0 Å². The number of amides is 2. The molecular weight excluding hydrogens is 356 g/mol. The topological polar surface area (TPSA) is 94.0 Å². The number of imide groups is 1. The predicted octanol–water partition coefficient (Wildman–Crippen LogP) is 2.03. The number of fused-ring (bicyclic) bond motifs is 1. The minimum absolute atomic E-state index is 0.0143. The molecule has 1 aliphatic rings. The van der Waals surface area contributed by atoms with Crippen LogP contribution in [0, 0.1) is 5.41 Å². The van der Waals surface area contributed by atoms with Crippen molar-refractivity contribution in [2.45, 2.75) is 40.0 Å². The maximum atomic E-state index is 12.4. The Bertz CT molecular complexity index is 678. The summed E-state index contributed by atoms with van der Waals surface area (Å²) in [7, 11) is 0. The number of rotatable bonds is 10. The van der Waals surface area contributed by atoms with E-state index in [-0.39, 0.29) is 30.4 Å². The number of hydrogen-bond acceptors (Lipinski definition) is 4. The van der Waals surface area contributed by atoms with E-state index in [0.717, 1.165) is 19.3 Å². The lowest BCUT2D eigenvalue weighted by atomic mass is 9.79. The van der Waals surface area contributed by atoms with Crippen molar-refractivity contribution in [2.24, 2.45) is 10.4 Å². The van der Waals surface area contributed by atoms with E-state index < -0.39 is 0 Å². The highest BCUT2D eigenvalue weighted by Gasteiger charge is 2.34. The van der Waals surface area contributed by atoms with Crippen LogP contribution in [0.1, 0.15) is 60.7 Å². The Kier molecular flexibility index (Phi) is 7.99. The van der Waals surface area contributed by atoms with Gasteiger partial charge in [-0.1, -0.05) is 26.0 Å². The first-order valence-corrected chi connectivity index (χ1v) is 10.1. The average molecular weight is 389 g/mol. The number of benzene rings is 1. The van der Waals surface area contributed by atoms with E-state index in [9.17, 15) is 14.7 Å². The smallest absolute Gasteiger partial charge is 0.261 e. The zero-order valence-electron chi connectivity index (χ0n) is 17.1. The first-order chi connectivity index (χ1) is 13.5. The van der Waals surface area contributed by atoms with Crippen LogP contribution in [0.15, 0.2) is 29.3 Å². The largest absolute Gasteiger partial charge is 0.396 e. The molecule has 0 aromatic heterocycles. The highest BCUT2D eigenvalue weighted by Crippen LogP contribution is 2.30. The van der Waals surface area contributed by atoms with Crippen molar-refractivity contribution in [3.8, 4) is 0 Å². The van der Waals surface area contributed by atoms with Crippen LogP contribution >= 0.6 is 0 Å². The van der Waals surface area contributed by atoms with Gasteiger partial charge in [0.15, 0.2) is 5.96 Å². The van der Waals surface area contributed by atoms with Gasteiger partial charge in [-0.2, -0.15) is 0 Å². The van der Waals surface area contributed by atoms with Gasteiger partial charge in [0.05, 0.1) is 11.1 Å². The van der Waals surface area contributed by atoms with E-state index in [1.165, 1.54) is 4.90 Å². The summed E-state index contributed by atoms with van der Waals surface area (Å²) in [6.45, 7) is 8.41. The number of aliphatic hydroxyl groups is 1. The third-order valence-corrected chi connectivity index (χ3v) is 5.56. The highest BCUT2D eigenvalue weighted by atomic mass is 16.3. The summed E-state index contributed by atoms with van der Waals surface area (Å²) in [5.74, 6) is 0.162. The van der Waals surface area contributed by atoms with E-state index in [1.54, 1.807) is 24.3 Å². The Labute approximate surface area is 167 Å². The number of nitrogens with one attached hydrogen (secondary N) is 2. The van der Waals surface area contributed by atoms with Crippen molar-refractivity contribution < 1.29 is 14.7 Å². The maximum Gasteiger partial charge on any atom is 0.261 e. The van der Waals surface area contributed by atoms with Gasteiger partial charge in [0.25, 0.3) is 11.8 Å². The molecule has 154 valence electrons. The molecular formula is C21H32N4O3. The van der Waals surface area contributed by atoms with Crippen molar-refractivity contribution in [3.63, 3.8) is 0 Å². The highest BCUT2D eigenvalue weighted by molar-refractivity contribution is 6.21. The summed E-state index contributed by atoms with van der Waals surface area (Å²) < 4.78 is 0. The van der Waals surface area contributed by atoms with E-state index >= 15 is 0 Å². The lowest BCUT2D eigenvalue weighted by Gasteiger charge is -2.29. The van der Waals surface area contributed by atoms with E-state index in [1.807, 2.05) is 6.92 Å². The summed E-state index contributed by atoms with van der Waals surface area (Å²) in [4.78, 5) is 30.8. The van der Waals surface area contributed by atoms with Crippen molar-refractivity contribution >= 4 is 17.8 Å². The molecule has 1 heterocycles. The number of aliphatic imine (C=N–C) groups is 1. The van der Waals surface area contributed by atoms with Crippen LogP contribution in [0.5, 0.6) is 0 Å². The average Bonchev–Trinajstić information content (AvgIpc) is 2.96. The van der Waals surface area contributed by atoms with Gasteiger partial charge in [-0.15, -0.1) is 0 Å². The molecule has 2 amide bonds. The van der Waals surface area contributed by atoms with E-state index in [0.29, 0.717) is 36.7 Å². The van der Waals surface area contributed by atoms with Gasteiger partial charge in [-0.3, -0.25) is 19.5 Å². The lowest BCUT2D eigenvalue weighted by molar-refractivity contribution is 0.0657. The molecule has 0 saturated heterocycles. The number of aliphatic hydroxyl groups excluding tert-OH is 1. The lowest BCUT2D eigenvalue weighted by Crippen LogP contribution is -2.43. The zero-order chi connectivity index (χ0) is 20.6. The van der Waals surface area contributed by atoms with Crippen molar-refractivity contribution in [1.82, 2.24) is 15.5 Å².